The molecule has 3 aliphatic rings. The molecule has 4 atom stereocenters. The van der Waals surface area contributed by atoms with Crippen molar-refractivity contribution in [3.8, 4) is 0 Å². The highest BCUT2D eigenvalue weighted by Gasteiger charge is 2.70. The fraction of sp³-hybridized carbons (Fsp3) is 0.121. The molecule has 0 aromatic heterocycles. The summed E-state index contributed by atoms with van der Waals surface area (Å²) in [7, 11) is 0. The predicted octanol–water partition coefficient (Wildman–Crippen LogP) is 6.23. The standard InChI is InChI=1S/C33H22ClN3O5/c34-25-14-5-3-12-23(25)30(39)27-28(29(38)20-9-7-10-21(18-20)37(41)42)36-17-16-19-8-1-2-11-22(19)31(36)33(27)24-13-4-6-15-26(24)35-32(33)40/h1-18,27-28,31H,(H,35,40)/t27-,28+,31-,33-/m1/s1. The van der Waals surface area contributed by atoms with Crippen LogP contribution in [-0.2, 0) is 10.2 Å². The maximum Gasteiger partial charge on any atom is 0.270 e. The van der Waals surface area contributed by atoms with Gasteiger partial charge in [-0.15, -0.1) is 0 Å². The Morgan fingerprint density at radius 1 is 0.905 bits per heavy atom. The Labute approximate surface area is 245 Å². The Morgan fingerprint density at radius 2 is 1.64 bits per heavy atom. The fourth-order valence-electron chi connectivity index (χ4n) is 6.94. The molecule has 3 aliphatic heterocycles. The molecule has 7 rings (SSSR count). The lowest BCUT2D eigenvalue weighted by Gasteiger charge is -2.38. The summed E-state index contributed by atoms with van der Waals surface area (Å²) in [6.45, 7) is 0. The van der Waals surface area contributed by atoms with Crippen LogP contribution >= 0.6 is 11.6 Å². The Bertz CT molecular complexity index is 1870. The summed E-state index contributed by atoms with van der Waals surface area (Å²) in [5.41, 5.74) is 1.32. The largest absolute Gasteiger partial charge is 0.358 e. The van der Waals surface area contributed by atoms with Crippen LogP contribution in [0.4, 0.5) is 11.4 Å². The van der Waals surface area contributed by atoms with E-state index >= 15 is 0 Å². The number of amides is 1. The van der Waals surface area contributed by atoms with Crippen LogP contribution in [0.15, 0.2) is 103 Å². The molecule has 3 heterocycles. The zero-order valence-corrected chi connectivity index (χ0v) is 22.7. The maximum absolute atomic E-state index is 14.8. The van der Waals surface area contributed by atoms with Crippen LogP contribution in [0, 0.1) is 16.0 Å². The lowest BCUT2D eigenvalue weighted by molar-refractivity contribution is -0.384. The van der Waals surface area contributed by atoms with Crippen LogP contribution in [-0.4, -0.2) is 33.3 Å². The summed E-state index contributed by atoms with van der Waals surface area (Å²) >= 11 is 6.55. The average Bonchev–Trinajstić information content (AvgIpc) is 3.49. The molecule has 0 radical (unpaired) electrons. The number of nitro benzene ring substituents is 1. The number of benzene rings is 4. The van der Waals surface area contributed by atoms with Crippen molar-refractivity contribution in [1.29, 1.82) is 0 Å². The van der Waals surface area contributed by atoms with Crippen molar-refractivity contribution in [2.24, 2.45) is 5.92 Å². The van der Waals surface area contributed by atoms with Crippen molar-refractivity contribution in [1.82, 2.24) is 4.90 Å². The topological polar surface area (TPSA) is 110 Å². The van der Waals surface area contributed by atoms with Crippen LogP contribution < -0.4 is 5.32 Å². The van der Waals surface area contributed by atoms with E-state index in [0.29, 0.717) is 11.3 Å². The highest BCUT2D eigenvalue weighted by molar-refractivity contribution is 6.34. The van der Waals surface area contributed by atoms with Gasteiger partial charge in [0.25, 0.3) is 5.69 Å². The zero-order chi connectivity index (χ0) is 29.2. The van der Waals surface area contributed by atoms with Crippen LogP contribution in [0.3, 0.4) is 0 Å². The van der Waals surface area contributed by atoms with Crippen molar-refractivity contribution in [3.63, 3.8) is 0 Å². The lowest BCUT2D eigenvalue weighted by atomic mass is 9.62. The highest BCUT2D eigenvalue weighted by atomic mass is 35.5. The third-order valence-corrected chi connectivity index (χ3v) is 8.93. The van der Waals surface area contributed by atoms with Gasteiger partial charge in [0, 0.05) is 35.1 Å². The molecule has 1 spiro atoms. The molecule has 0 unspecified atom stereocenters. The number of rotatable bonds is 5. The van der Waals surface area contributed by atoms with Gasteiger partial charge in [0.2, 0.25) is 5.91 Å². The quantitative estimate of drug-likeness (QED) is 0.172. The number of non-ortho nitro benzene ring substituents is 1. The first-order chi connectivity index (χ1) is 20.3. The van der Waals surface area contributed by atoms with E-state index in [4.69, 9.17) is 11.6 Å². The SMILES string of the molecule is O=C(c1cccc([N+](=O)[O-])c1)[C@@H]1[C@H](C(=O)c2ccccc2Cl)[C@@]2(C(=O)Nc3ccccc32)[C@H]2c3ccccc3C=CN12. The second-order valence-corrected chi connectivity index (χ2v) is 11.0. The number of hydrogen-bond donors (Lipinski definition) is 1. The molecule has 8 nitrogen and oxygen atoms in total. The molecule has 0 bridgehead atoms. The first-order valence-electron chi connectivity index (χ1n) is 13.4. The van der Waals surface area contributed by atoms with Gasteiger partial charge in [0.15, 0.2) is 11.6 Å². The first kappa shape index (κ1) is 25.9. The number of halogens is 1. The molecular formula is C33H22ClN3O5. The summed E-state index contributed by atoms with van der Waals surface area (Å²) in [6.07, 6.45) is 3.61. The van der Waals surface area contributed by atoms with Crippen LogP contribution in [0.1, 0.15) is 43.4 Å². The molecule has 1 fully saturated rings. The van der Waals surface area contributed by atoms with E-state index in [1.54, 1.807) is 47.5 Å². The monoisotopic (exact) mass is 575 g/mol. The smallest absolute Gasteiger partial charge is 0.270 e. The molecule has 4 aromatic carbocycles. The van der Waals surface area contributed by atoms with Crippen molar-refractivity contribution >= 4 is 46.5 Å². The summed E-state index contributed by atoms with van der Waals surface area (Å²) in [5.74, 6) is -2.60. The number of carbonyl (C=O) groups is 3. The van der Waals surface area contributed by atoms with E-state index in [0.717, 1.165) is 11.1 Å². The van der Waals surface area contributed by atoms with Gasteiger partial charge >= 0.3 is 0 Å². The Kier molecular flexibility index (Phi) is 5.85. The van der Waals surface area contributed by atoms with E-state index < -0.39 is 45.8 Å². The predicted molar refractivity (Wildman–Crippen MR) is 157 cm³/mol. The number of carbonyl (C=O) groups excluding carboxylic acids is 3. The number of nitrogens with zero attached hydrogens (tertiary/aromatic N) is 2. The van der Waals surface area contributed by atoms with Crippen molar-refractivity contribution in [2.75, 3.05) is 5.32 Å². The first-order valence-corrected chi connectivity index (χ1v) is 13.7. The van der Waals surface area contributed by atoms with Crippen LogP contribution in [0.2, 0.25) is 5.02 Å². The third-order valence-electron chi connectivity index (χ3n) is 8.60. The van der Waals surface area contributed by atoms with E-state index in [1.807, 2.05) is 42.5 Å². The Balaban J connectivity index is 1.54. The van der Waals surface area contributed by atoms with Crippen LogP contribution in [0.25, 0.3) is 6.08 Å². The van der Waals surface area contributed by atoms with Crippen molar-refractivity contribution in [2.45, 2.75) is 17.5 Å². The Morgan fingerprint density at radius 3 is 2.45 bits per heavy atom. The number of para-hydroxylation sites is 1. The van der Waals surface area contributed by atoms with E-state index in [-0.39, 0.29) is 21.8 Å². The summed E-state index contributed by atoms with van der Waals surface area (Å²) in [6, 6.07) is 24.9. The lowest BCUT2D eigenvalue weighted by Crippen LogP contribution is -2.49. The molecule has 1 saturated heterocycles. The molecule has 9 heteroatoms. The number of ketones is 2. The number of nitrogens with one attached hydrogen (secondary N) is 1. The molecule has 206 valence electrons. The van der Waals surface area contributed by atoms with Gasteiger partial charge in [-0.3, -0.25) is 24.5 Å². The molecule has 1 amide bonds. The fourth-order valence-corrected chi connectivity index (χ4v) is 7.17. The van der Waals surface area contributed by atoms with Crippen molar-refractivity contribution in [3.05, 3.63) is 146 Å². The highest BCUT2D eigenvalue weighted by Crippen LogP contribution is 2.62. The second kappa shape index (κ2) is 9.49. The summed E-state index contributed by atoms with van der Waals surface area (Å²) in [4.78, 5) is 56.6. The molecule has 42 heavy (non-hydrogen) atoms. The van der Waals surface area contributed by atoms with Gasteiger partial charge in [-0.25, -0.2) is 0 Å². The Hall–Kier alpha value is -5.08. The summed E-state index contributed by atoms with van der Waals surface area (Å²) < 4.78 is 0. The minimum Gasteiger partial charge on any atom is -0.358 e. The summed E-state index contributed by atoms with van der Waals surface area (Å²) in [5, 5.41) is 14.8. The molecular weight excluding hydrogens is 554 g/mol. The third kappa shape index (κ3) is 3.51. The van der Waals surface area contributed by atoms with Gasteiger partial charge in [0.1, 0.15) is 11.5 Å². The zero-order valence-electron chi connectivity index (χ0n) is 21.9. The maximum atomic E-state index is 14.8. The van der Waals surface area contributed by atoms with E-state index in [2.05, 4.69) is 5.32 Å². The van der Waals surface area contributed by atoms with E-state index in [9.17, 15) is 24.5 Å². The molecule has 1 N–H and O–H groups in total. The number of fused-ring (bicyclic) bond motifs is 6. The average molecular weight is 576 g/mol. The van der Waals surface area contributed by atoms with Gasteiger partial charge in [-0.05, 0) is 41.0 Å². The van der Waals surface area contributed by atoms with Gasteiger partial charge in [0.05, 0.1) is 21.9 Å². The molecule has 4 aromatic rings. The normalized spacial score (nSPS) is 23.2. The van der Waals surface area contributed by atoms with E-state index in [1.165, 1.54) is 24.3 Å². The number of anilines is 1. The molecule has 0 aliphatic carbocycles. The van der Waals surface area contributed by atoms with Crippen LogP contribution in [0.5, 0.6) is 0 Å². The molecule has 0 saturated carbocycles. The van der Waals surface area contributed by atoms with Gasteiger partial charge in [-0.2, -0.15) is 0 Å². The van der Waals surface area contributed by atoms with Crippen molar-refractivity contribution < 1.29 is 19.3 Å². The van der Waals surface area contributed by atoms with Gasteiger partial charge < -0.3 is 10.2 Å². The minimum atomic E-state index is -1.52. The number of hydrogen-bond acceptors (Lipinski definition) is 6. The number of nitro groups is 1. The number of Topliss-reactive ketones (excluding diaryl/α,β-unsaturated/α-hetero) is 2. The van der Waals surface area contributed by atoms with Gasteiger partial charge in [-0.1, -0.05) is 78.3 Å². The second-order valence-electron chi connectivity index (χ2n) is 10.6. The minimum absolute atomic E-state index is 0.0703.